The van der Waals surface area contributed by atoms with Gasteiger partial charge in [-0.1, -0.05) is 9.78 Å². The molecule has 0 radical (unpaired) electrons. The number of pyridine rings is 1. The normalized spacial score (nSPS) is 10.7. The van der Waals surface area contributed by atoms with Crippen molar-refractivity contribution in [3.63, 3.8) is 0 Å². The lowest BCUT2D eigenvalue weighted by Gasteiger charge is -2.17. The van der Waals surface area contributed by atoms with Gasteiger partial charge in [0.15, 0.2) is 5.52 Å². The predicted octanol–water partition coefficient (Wildman–Crippen LogP) is 0.644. The van der Waals surface area contributed by atoms with Crippen LogP contribution in [-0.4, -0.2) is 62.6 Å². The molecule has 0 saturated carbocycles. The minimum absolute atomic E-state index is 0.670. The van der Waals surface area contributed by atoms with E-state index in [-0.39, 0.29) is 0 Å². The van der Waals surface area contributed by atoms with Crippen LogP contribution in [0.1, 0.15) is 13.8 Å². The Balaban J connectivity index is 2.60. The topological polar surface area (TPSA) is 49.9 Å². The zero-order valence-electron chi connectivity index (χ0n) is 11.3. The van der Waals surface area contributed by atoms with E-state index in [1.54, 1.807) is 6.20 Å². The lowest BCUT2D eigenvalue weighted by atomic mass is 10.4. The average Bonchev–Trinajstić information content (AvgIpc) is 2.79. The molecule has 0 bridgehead atoms. The molecule has 6 heteroatoms. The zero-order chi connectivity index (χ0) is 13.1. The molecule has 6 nitrogen and oxygen atoms in total. The van der Waals surface area contributed by atoms with Crippen LogP contribution in [0, 0.1) is 0 Å². The lowest BCUT2D eigenvalue weighted by Crippen LogP contribution is -2.41. The molecule has 2 aromatic heterocycles. The smallest absolute Gasteiger partial charge is 0.268 e. The molecule has 0 N–H and O–H groups in total. The van der Waals surface area contributed by atoms with Gasteiger partial charge < -0.3 is 0 Å². The van der Waals surface area contributed by atoms with Crippen LogP contribution in [0.4, 0.5) is 0 Å². The molecule has 0 amide bonds. The van der Waals surface area contributed by atoms with Crippen molar-refractivity contribution in [1.29, 1.82) is 0 Å². The maximum absolute atomic E-state index is 4.22. The molecule has 96 valence electrons. The van der Waals surface area contributed by atoms with E-state index in [0.717, 1.165) is 24.6 Å². The molecule has 0 aromatic carbocycles. The summed E-state index contributed by atoms with van der Waals surface area (Å²) in [5.41, 5.74) is 1.59. The highest BCUT2D eigenvalue weighted by Crippen LogP contribution is 2.08. The quantitative estimate of drug-likeness (QED) is 0.444. The summed E-state index contributed by atoms with van der Waals surface area (Å²) in [6, 6.07) is 3.88. The number of rotatable bonds is 2. The van der Waals surface area contributed by atoms with Crippen molar-refractivity contribution in [3.8, 4) is 0 Å². The maximum atomic E-state index is 4.22. The Labute approximate surface area is 107 Å². The molecule has 0 aliphatic heterocycles. The first-order valence-electron chi connectivity index (χ1n) is 6.15. The first kappa shape index (κ1) is 12.5. The van der Waals surface area contributed by atoms with Crippen LogP contribution in [0.3, 0.4) is 0 Å². The third-order valence-electron chi connectivity index (χ3n) is 2.86. The van der Waals surface area contributed by atoms with Crippen LogP contribution in [0.5, 0.6) is 0 Å². The van der Waals surface area contributed by atoms with Crippen LogP contribution >= 0.6 is 0 Å². The van der Waals surface area contributed by atoms with Gasteiger partial charge in [-0.2, -0.15) is 0 Å². The number of hydrogen-bond acceptors (Lipinski definition) is 3. The van der Waals surface area contributed by atoms with Gasteiger partial charge in [-0.25, -0.2) is 4.98 Å². The molecular weight excluding hydrogens is 228 g/mol. The second-order valence-electron chi connectivity index (χ2n) is 4.21. The van der Waals surface area contributed by atoms with E-state index in [1.807, 2.05) is 35.5 Å². The van der Waals surface area contributed by atoms with Crippen LogP contribution in [-0.2, 0) is 0 Å². The second kappa shape index (κ2) is 5.12. The van der Waals surface area contributed by atoms with Crippen LogP contribution < -0.4 is 0 Å². The van der Waals surface area contributed by atoms with Crippen molar-refractivity contribution in [1.82, 2.24) is 24.9 Å². The molecule has 2 aromatic rings. The summed E-state index contributed by atoms with van der Waals surface area (Å²) in [5, 5.41) is 8.32. The SMILES string of the molecule is CCN(CC)C(n1nnc2ncccc21)=[N+](C)C. The minimum Gasteiger partial charge on any atom is -0.268 e. The summed E-state index contributed by atoms with van der Waals surface area (Å²) in [5.74, 6) is 1.01. The Morgan fingerprint density at radius 2 is 2.06 bits per heavy atom. The molecule has 0 aliphatic carbocycles. The number of nitrogens with zero attached hydrogens (tertiary/aromatic N) is 6. The van der Waals surface area contributed by atoms with Gasteiger partial charge in [0, 0.05) is 11.4 Å². The van der Waals surface area contributed by atoms with E-state index in [9.17, 15) is 0 Å². The fourth-order valence-corrected chi connectivity index (χ4v) is 2.03. The Kier molecular flexibility index (Phi) is 3.55. The molecule has 0 fully saturated rings. The predicted molar refractivity (Wildman–Crippen MR) is 70.8 cm³/mol. The van der Waals surface area contributed by atoms with Gasteiger partial charge in [-0.3, -0.25) is 9.48 Å². The van der Waals surface area contributed by atoms with Gasteiger partial charge in [0.05, 0.1) is 27.2 Å². The molecule has 0 atom stereocenters. The first-order valence-corrected chi connectivity index (χ1v) is 6.15. The van der Waals surface area contributed by atoms with Crippen molar-refractivity contribution in [2.75, 3.05) is 27.2 Å². The third kappa shape index (κ3) is 2.05. The van der Waals surface area contributed by atoms with E-state index < -0.39 is 0 Å². The summed E-state index contributed by atoms with van der Waals surface area (Å²) in [7, 11) is 4.02. The zero-order valence-corrected chi connectivity index (χ0v) is 11.3. The fraction of sp³-hybridized carbons (Fsp3) is 0.500. The van der Waals surface area contributed by atoms with E-state index in [1.165, 1.54) is 0 Å². The molecule has 18 heavy (non-hydrogen) atoms. The van der Waals surface area contributed by atoms with Crippen LogP contribution in [0.15, 0.2) is 18.3 Å². The Morgan fingerprint density at radius 1 is 1.33 bits per heavy atom. The maximum Gasteiger partial charge on any atom is 0.380 e. The monoisotopic (exact) mass is 247 g/mol. The van der Waals surface area contributed by atoms with E-state index in [4.69, 9.17) is 0 Å². The summed E-state index contributed by atoms with van der Waals surface area (Å²) in [6.45, 7) is 6.10. The van der Waals surface area contributed by atoms with Crippen molar-refractivity contribution in [2.24, 2.45) is 0 Å². The second-order valence-corrected chi connectivity index (χ2v) is 4.21. The summed E-state index contributed by atoms with van der Waals surface area (Å²) in [6.07, 6.45) is 1.73. The highest BCUT2D eigenvalue weighted by Gasteiger charge is 2.24. The van der Waals surface area contributed by atoms with Crippen LogP contribution in [0.25, 0.3) is 11.2 Å². The molecule has 0 aliphatic rings. The van der Waals surface area contributed by atoms with Crippen molar-refractivity contribution >= 4 is 17.1 Å². The molecule has 0 unspecified atom stereocenters. The summed E-state index contributed by atoms with van der Waals surface area (Å²) < 4.78 is 3.89. The van der Waals surface area contributed by atoms with Gasteiger partial charge in [-0.05, 0) is 26.0 Å². The number of aromatic nitrogens is 4. The largest absolute Gasteiger partial charge is 0.380 e. The van der Waals surface area contributed by atoms with Gasteiger partial charge in [-0.15, -0.1) is 0 Å². The summed E-state index contributed by atoms with van der Waals surface area (Å²) in [4.78, 5) is 6.45. The number of fused-ring (bicyclic) bond motifs is 1. The van der Waals surface area contributed by atoms with Crippen LogP contribution in [0.2, 0.25) is 0 Å². The molecule has 2 heterocycles. The van der Waals surface area contributed by atoms with Gasteiger partial charge in [0.1, 0.15) is 0 Å². The van der Waals surface area contributed by atoms with Crippen molar-refractivity contribution in [3.05, 3.63) is 18.3 Å². The molecule has 0 spiro atoms. The lowest BCUT2D eigenvalue weighted by molar-refractivity contribution is -0.472. The Bertz CT molecular complexity index is 563. The molecule has 0 saturated heterocycles. The third-order valence-corrected chi connectivity index (χ3v) is 2.86. The minimum atomic E-state index is 0.670. The highest BCUT2D eigenvalue weighted by atomic mass is 15.5. The Morgan fingerprint density at radius 3 is 2.67 bits per heavy atom. The molecular formula is C12H19N6+. The van der Waals surface area contributed by atoms with Crippen molar-refractivity contribution in [2.45, 2.75) is 13.8 Å². The van der Waals surface area contributed by atoms with E-state index in [0.29, 0.717) is 5.65 Å². The van der Waals surface area contributed by atoms with Gasteiger partial charge >= 0.3 is 5.96 Å². The molecule has 2 rings (SSSR count). The Hall–Kier alpha value is -1.98. The summed E-state index contributed by atoms with van der Waals surface area (Å²) >= 11 is 0. The average molecular weight is 247 g/mol. The van der Waals surface area contributed by atoms with E-state index in [2.05, 4.69) is 34.0 Å². The van der Waals surface area contributed by atoms with E-state index >= 15 is 0 Å². The highest BCUT2D eigenvalue weighted by molar-refractivity contribution is 5.86. The standard InChI is InChI=1S/C12H19N6/c1-5-17(6-2)12(16(3)4)18-10-8-7-9-13-11(10)14-15-18/h7-9H,5-6H2,1-4H3/q+1. The first-order chi connectivity index (χ1) is 8.69. The van der Waals surface area contributed by atoms with Crippen molar-refractivity contribution < 1.29 is 4.58 Å². The van der Waals surface area contributed by atoms with Gasteiger partial charge in [0.2, 0.25) is 5.65 Å². The van der Waals surface area contributed by atoms with Gasteiger partial charge in [0.25, 0.3) is 0 Å². The fourth-order valence-electron chi connectivity index (χ4n) is 2.03. The number of hydrogen-bond donors (Lipinski definition) is 0.